The largest absolute Gasteiger partial charge is 0.306 e. The summed E-state index contributed by atoms with van der Waals surface area (Å²) in [4.78, 5) is 0. The van der Waals surface area contributed by atoms with Crippen molar-refractivity contribution in [3.8, 4) is 0 Å². The van der Waals surface area contributed by atoms with E-state index in [1.807, 2.05) is 13.8 Å². The molecule has 0 saturated heterocycles. The molecule has 1 N–H and O–H groups in total. The summed E-state index contributed by atoms with van der Waals surface area (Å²) in [5.41, 5.74) is 0.397. The highest BCUT2D eigenvalue weighted by Gasteiger charge is 2.20. The van der Waals surface area contributed by atoms with Crippen molar-refractivity contribution in [3.63, 3.8) is 0 Å². The van der Waals surface area contributed by atoms with Crippen LogP contribution in [0.2, 0.25) is 5.02 Å². The molecule has 1 nitrogen and oxygen atoms in total. The molecule has 1 unspecified atom stereocenters. The first-order valence-corrected chi connectivity index (χ1v) is 6.17. The molecule has 0 aromatic heterocycles. The molecule has 1 aromatic rings. The molecular formula is C12H16Cl2FN. The first-order valence-electron chi connectivity index (χ1n) is 5.25. The molecule has 0 aliphatic carbocycles. The zero-order chi connectivity index (χ0) is 12.2. The lowest BCUT2D eigenvalue weighted by Gasteiger charge is -2.27. The first kappa shape index (κ1) is 13.8. The number of benzene rings is 1. The Hall–Kier alpha value is -0.310. The lowest BCUT2D eigenvalue weighted by Crippen LogP contribution is -2.43. The summed E-state index contributed by atoms with van der Waals surface area (Å²) in [6, 6.07) is 4.55. The third-order valence-electron chi connectivity index (χ3n) is 2.79. The van der Waals surface area contributed by atoms with Crippen molar-refractivity contribution in [1.29, 1.82) is 0 Å². The van der Waals surface area contributed by atoms with Crippen LogP contribution in [0.5, 0.6) is 0 Å². The van der Waals surface area contributed by atoms with Gasteiger partial charge in [-0.1, -0.05) is 18.5 Å². The summed E-state index contributed by atoms with van der Waals surface area (Å²) in [7, 11) is 0. The van der Waals surface area contributed by atoms with Crippen molar-refractivity contribution < 1.29 is 4.39 Å². The number of nitrogens with one attached hydrogen (secondary N) is 1. The van der Waals surface area contributed by atoms with Gasteiger partial charge in [-0.05, 0) is 31.5 Å². The standard InChI is InChI=1S/C12H16Cl2FN/c1-3-12(2,8-13)16-7-9-6-10(14)4-5-11(9)15/h4-6,16H,3,7-8H2,1-2H3. The van der Waals surface area contributed by atoms with Crippen LogP contribution in [0.15, 0.2) is 18.2 Å². The number of alkyl halides is 1. The van der Waals surface area contributed by atoms with Gasteiger partial charge in [-0.2, -0.15) is 0 Å². The first-order chi connectivity index (χ1) is 7.50. The predicted octanol–water partition coefficient (Wildman–Crippen LogP) is 3.98. The van der Waals surface area contributed by atoms with Crippen LogP contribution in [0.1, 0.15) is 25.8 Å². The molecule has 1 rings (SSSR count). The second-order valence-corrected chi connectivity index (χ2v) is 4.84. The van der Waals surface area contributed by atoms with Crippen LogP contribution < -0.4 is 5.32 Å². The van der Waals surface area contributed by atoms with Crippen LogP contribution in [0.3, 0.4) is 0 Å². The Kier molecular flexibility index (Phi) is 5.03. The lowest BCUT2D eigenvalue weighted by atomic mass is 10.0. The summed E-state index contributed by atoms with van der Waals surface area (Å²) in [6.45, 7) is 4.50. The lowest BCUT2D eigenvalue weighted by molar-refractivity contribution is 0.376. The van der Waals surface area contributed by atoms with Crippen LogP contribution in [-0.2, 0) is 6.54 Å². The van der Waals surface area contributed by atoms with E-state index in [1.54, 1.807) is 12.1 Å². The van der Waals surface area contributed by atoms with E-state index in [0.29, 0.717) is 23.0 Å². The molecule has 1 aromatic carbocycles. The van der Waals surface area contributed by atoms with Crippen LogP contribution in [0, 0.1) is 5.82 Å². The Labute approximate surface area is 106 Å². The minimum absolute atomic E-state index is 0.170. The fourth-order valence-corrected chi connectivity index (χ4v) is 1.73. The maximum absolute atomic E-state index is 13.4. The van der Waals surface area contributed by atoms with Gasteiger partial charge in [0.15, 0.2) is 0 Å². The fourth-order valence-electron chi connectivity index (χ4n) is 1.25. The third-order valence-corrected chi connectivity index (χ3v) is 3.61. The van der Waals surface area contributed by atoms with Crippen molar-refractivity contribution in [2.45, 2.75) is 32.4 Å². The molecular weight excluding hydrogens is 248 g/mol. The van der Waals surface area contributed by atoms with E-state index in [9.17, 15) is 4.39 Å². The molecule has 0 aliphatic rings. The Balaban J connectivity index is 2.70. The Morgan fingerprint density at radius 3 is 2.69 bits per heavy atom. The van der Waals surface area contributed by atoms with E-state index in [1.165, 1.54) is 6.07 Å². The Morgan fingerprint density at radius 1 is 1.44 bits per heavy atom. The normalized spacial score (nSPS) is 14.8. The van der Waals surface area contributed by atoms with Crippen molar-refractivity contribution in [1.82, 2.24) is 5.32 Å². The van der Waals surface area contributed by atoms with Gasteiger partial charge in [0, 0.05) is 28.5 Å². The molecule has 0 spiro atoms. The van der Waals surface area contributed by atoms with Crippen LogP contribution in [0.25, 0.3) is 0 Å². The van der Waals surface area contributed by atoms with Crippen molar-refractivity contribution in [2.24, 2.45) is 0 Å². The van der Waals surface area contributed by atoms with Gasteiger partial charge in [0.2, 0.25) is 0 Å². The minimum Gasteiger partial charge on any atom is -0.306 e. The van der Waals surface area contributed by atoms with Gasteiger partial charge in [-0.3, -0.25) is 0 Å². The van der Waals surface area contributed by atoms with E-state index in [0.717, 1.165) is 6.42 Å². The van der Waals surface area contributed by atoms with Crippen LogP contribution >= 0.6 is 23.2 Å². The molecule has 1 atom stereocenters. The molecule has 4 heteroatoms. The SMILES string of the molecule is CCC(C)(CCl)NCc1cc(Cl)ccc1F. The van der Waals surface area contributed by atoms with Gasteiger partial charge in [-0.15, -0.1) is 11.6 Å². The molecule has 0 aliphatic heterocycles. The van der Waals surface area contributed by atoms with Gasteiger partial charge >= 0.3 is 0 Å². The van der Waals surface area contributed by atoms with Gasteiger partial charge in [0.05, 0.1) is 0 Å². The van der Waals surface area contributed by atoms with E-state index in [-0.39, 0.29) is 11.4 Å². The zero-order valence-corrected chi connectivity index (χ0v) is 11.0. The van der Waals surface area contributed by atoms with E-state index in [2.05, 4.69) is 5.32 Å². The Morgan fingerprint density at radius 2 is 2.12 bits per heavy atom. The van der Waals surface area contributed by atoms with E-state index < -0.39 is 0 Å². The van der Waals surface area contributed by atoms with Gasteiger partial charge in [0.1, 0.15) is 5.82 Å². The molecule has 0 saturated carbocycles. The highest BCUT2D eigenvalue weighted by Crippen LogP contribution is 2.17. The molecule has 0 heterocycles. The molecule has 16 heavy (non-hydrogen) atoms. The number of hydrogen-bond donors (Lipinski definition) is 1. The van der Waals surface area contributed by atoms with Gasteiger partial charge in [0.25, 0.3) is 0 Å². The van der Waals surface area contributed by atoms with E-state index >= 15 is 0 Å². The molecule has 90 valence electrons. The van der Waals surface area contributed by atoms with Crippen LogP contribution in [-0.4, -0.2) is 11.4 Å². The second kappa shape index (κ2) is 5.85. The Bertz CT molecular complexity index is 351. The van der Waals surface area contributed by atoms with Crippen molar-refractivity contribution >= 4 is 23.2 Å². The maximum Gasteiger partial charge on any atom is 0.127 e. The smallest absolute Gasteiger partial charge is 0.127 e. The summed E-state index contributed by atoms with van der Waals surface area (Å²) in [5.74, 6) is 0.246. The van der Waals surface area contributed by atoms with Crippen LogP contribution in [0.4, 0.5) is 4.39 Å². The topological polar surface area (TPSA) is 12.0 Å². The molecule has 0 fully saturated rings. The molecule has 0 amide bonds. The van der Waals surface area contributed by atoms with Gasteiger partial charge < -0.3 is 5.32 Å². The highest BCUT2D eigenvalue weighted by molar-refractivity contribution is 6.30. The maximum atomic E-state index is 13.4. The highest BCUT2D eigenvalue weighted by atomic mass is 35.5. The van der Waals surface area contributed by atoms with Gasteiger partial charge in [-0.25, -0.2) is 4.39 Å². The molecule has 0 bridgehead atoms. The number of rotatable bonds is 5. The van der Waals surface area contributed by atoms with E-state index in [4.69, 9.17) is 23.2 Å². The average Bonchev–Trinajstić information content (AvgIpc) is 2.30. The summed E-state index contributed by atoms with van der Waals surface area (Å²) >= 11 is 11.7. The van der Waals surface area contributed by atoms with Crippen molar-refractivity contribution in [3.05, 3.63) is 34.6 Å². The zero-order valence-electron chi connectivity index (χ0n) is 9.49. The fraction of sp³-hybridized carbons (Fsp3) is 0.500. The number of halogens is 3. The van der Waals surface area contributed by atoms with Crippen molar-refractivity contribution in [2.75, 3.05) is 5.88 Å². The quantitative estimate of drug-likeness (QED) is 0.793. The molecule has 0 radical (unpaired) electrons. The minimum atomic E-state index is -0.245. The summed E-state index contributed by atoms with van der Waals surface area (Å²) < 4.78 is 13.4. The summed E-state index contributed by atoms with van der Waals surface area (Å²) in [5, 5.41) is 3.79. The average molecular weight is 264 g/mol. The third kappa shape index (κ3) is 3.62. The monoisotopic (exact) mass is 263 g/mol. The predicted molar refractivity (Wildman–Crippen MR) is 67.7 cm³/mol. The second-order valence-electron chi connectivity index (χ2n) is 4.14. The summed E-state index contributed by atoms with van der Waals surface area (Å²) in [6.07, 6.45) is 0.888. The number of hydrogen-bond acceptors (Lipinski definition) is 1.